The smallest absolute Gasteiger partial charge is 0.158 e. The molecule has 2 aliphatic rings. The molecule has 2 heterocycles. The fourth-order valence-corrected chi connectivity index (χ4v) is 7.52. The molecule has 2 unspecified atom stereocenters. The van der Waals surface area contributed by atoms with Gasteiger partial charge in [-0.3, -0.25) is 0 Å². The van der Waals surface area contributed by atoms with E-state index in [1.807, 2.05) is 12.1 Å². The number of rotatable bonds is 4. The van der Waals surface area contributed by atoms with Crippen LogP contribution in [0.25, 0.3) is 21.9 Å². The molecular formula is C35H35ClN2O. The quantitative estimate of drug-likeness (QED) is 0.248. The molecular weight excluding hydrogens is 500 g/mol. The highest BCUT2D eigenvalue weighted by Gasteiger charge is 2.58. The maximum atomic E-state index is 7.32. The van der Waals surface area contributed by atoms with Crippen molar-refractivity contribution in [3.63, 3.8) is 0 Å². The molecule has 2 atom stereocenters. The summed E-state index contributed by atoms with van der Waals surface area (Å²) in [4.78, 5) is 2.56. The van der Waals surface area contributed by atoms with E-state index in [2.05, 4.69) is 105 Å². The largest absolute Gasteiger partial charge is 0.454 e. The summed E-state index contributed by atoms with van der Waals surface area (Å²) in [6.45, 7) is 9.50. The lowest BCUT2D eigenvalue weighted by atomic mass is 9.61. The van der Waals surface area contributed by atoms with E-state index in [-0.39, 0.29) is 11.0 Å². The van der Waals surface area contributed by atoms with E-state index in [4.69, 9.17) is 16.0 Å². The van der Waals surface area contributed by atoms with Gasteiger partial charge in [0.1, 0.15) is 5.58 Å². The molecule has 1 saturated carbocycles. The summed E-state index contributed by atoms with van der Waals surface area (Å²) >= 11 is 7.32. The van der Waals surface area contributed by atoms with Crippen molar-refractivity contribution >= 4 is 56.3 Å². The van der Waals surface area contributed by atoms with Gasteiger partial charge in [0, 0.05) is 21.9 Å². The van der Waals surface area contributed by atoms with Crippen molar-refractivity contribution in [1.29, 1.82) is 0 Å². The van der Waals surface area contributed by atoms with Gasteiger partial charge in [-0.05, 0) is 67.1 Å². The molecule has 1 fully saturated rings. The van der Waals surface area contributed by atoms with E-state index in [1.54, 1.807) is 0 Å². The van der Waals surface area contributed by atoms with Gasteiger partial charge < -0.3 is 14.6 Å². The van der Waals surface area contributed by atoms with E-state index in [9.17, 15) is 0 Å². The third-order valence-electron chi connectivity index (χ3n) is 9.69. The molecule has 0 spiro atoms. The van der Waals surface area contributed by atoms with Crippen molar-refractivity contribution < 1.29 is 4.42 Å². The van der Waals surface area contributed by atoms with Crippen LogP contribution in [0.5, 0.6) is 0 Å². The SMILES string of the molecule is CC(C)c1ccc2c(c1)C1(C)CCCCC1(C)N2c1cccc(Nc2cccc3c2oc2ccccc23)c1Cl. The normalized spacial score (nSPS) is 22.5. The Labute approximate surface area is 235 Å². The predicted octanol–water partition coefficient (Wildman–Crippen LogP) is 10.8. The Balaban J connectivity index is 1.36. The lowest BCUT2D eigenvalue weighted by molar-refractivity contribution is 0.195. The number of hydrogen-bond donors (Lipinski definition) is 1. The number of benzene rings is 4. The second-order valence-electron chi connectivity index (χ2n) is 12.1. The van der Waals surface area contributed by atoms with Crippen molar-refractivity contribution in [3.05, 3.63) is 95.0 Å². The first-order valence-electron chi connectivity index (χ1n) is 14.2. The number of nitrogens with one attached hydrogen (secondary N) is 1. The number of hydrogen-bond acceptors (Lipinski definition) is 3. The fraction of sp³-hybridized carbons (Fsp3) is 0.314. The number of fused-ring (bicyclic) bond motifs is 6. The molecule has 198 valence electrons. The highest BCUT2D eigenvalue weighted by Crippen LogP contribution is 2.62. The molecule has 1 aliphatic heterocycles. The van der Waals surface area contributed by atoms with Crippen LogP contribution in [0.2, 0.25) is 5.02 Å². The molecule has 3 nitrogen and oxygen atoms in total. The Kier molecular flexibility index (Phi) is 5.55. The van der Waals surface area contributed by atoms with E-state index >= 15 is 0 Å². The Morgan fingerprint density at radius 1 is 0.821 bits per heavy atom. The highest BCUT2D eigenvalue weighted by atomic mass is 35.5. The molecule has 0 saturated heterocycles. The lowest BCUT2D eigenvalue weighted by Crippen LogP contribution is -2.54. The molecule has 1 N–H and O–H groups in total. The van der Waals surface area contributed by atoms with Crippen molar-refractivity contribution in [3.8, 4) is 0 Å². The summed E-state index contributed by atoms with van der Waals surface area (Å²) in [5.41, 5.74) is 8.79. The summed E-state index contributed by atoms with van der Waals surface area (Å²) in [5, 5.41) is 6.59. The number of para-hydroxylation sites is 2. The predicted molar refractivity (Wildman–Crippen MR) is 165 cm³/mol. The molecule has 0 bridgehead atoms. The number of nitrogens with zero attached hydrogens (tertiary/aromatic N) is 1. The van der Waals surface area contributed by atoms with Crippen molar-refractivity contribution in [1.82, 2.24) is 0 Å². The van der Waals surface area contributed by atoms with Crippen molar-refractivity contribution in [2.24, 2.45) is 0 Å². The first kappa shape index (κ1) is 24.6. The summed E-state index contributed by atoms with van der Waals surface area (Å²) in [6, 6.07) is 27.9. The summed E-state index contributed by atoms with van der Waals surface area (Å²) in [6.07, 6.45) is 4.83. The maximum absolute atomic E-state index is 7.32. The molecule has 4 aromatic carbocycles. The topological polar surface area (TPSA) is 28.4 Å². The van der Waals surface area contributed by atoms with E-state index < -0.39 is 0 Å². The van der Waals surface area contributed by atoms with Crippen molar-refractivity contribution in [2.45, 2.75) is 70.3 Å². The van der Waals surface area contributed by atoms with Crippen LogP contribution < -0.4 is 10.2 Å². The second-order valence-corrected chi connectivity index (χ2v) is 12.5. The van der Waals surface area contributed by atoms with Crippen LogP contribution in [-0.2, 0) is 5.41 Å². The standard InChI is InChI=1S/C35H35ClN2O/c1-22(2)23-17-18-29-26(21-23)34(3)19-7-8-20-35(34,4)38(29)30-15-10-13-27(32(30)36)37-28-14-9-12-25-24-11-5-6-16-31(24)39-33(25)28/h5-6,9-18,21-22,37H,7-8,19-20H2,1-4H3. The average Bonchev–Trinajstić information content (AvgIpc) is 3.41. The van der Waals surface area contributed by atoms with E-state index in [0.29, 0.717) is 5.92 Å². The summed E-state index contributed by atoms with van der Waals surface area (Å²) in [5.74, 6) is 0.500. The van der Waals surface area contributed by atoms with Crippen LogP contribution in [0.15, 0.2) is 83.3 Å². The Bertz CT molecular complexity index is 1740. The molecule has 7 rings (SSSR count). The zero-order valence-corrected chi connectivity index (χ0v) is 23.9. The minimum atomic E-state index is -0.0514. The Morgan fingerprint density at radius 3 is 2.41 bits per heavy atom. The molecule has 1 aliphatic carbocycles. The van der Waals surface area contributed by atoms with Gasteiger partial charge in [-0.2, -0.15) is 0 Å². The maximum Gasteiger partial charge on any atom is 0.158 e. The third-order valence-corrected chi connectivity index (χ3v) is 10.1. The van der Waals surface area contributed by atoms with Crippen LogP contribution in [0, 0.1) is 0 Å². The van der Waals surface area contributed by atoms with Crippen LogP contribution in [-0.4, -0.2) is 5.54 Å². The zero-order valence-electron chi connectivity index (χ0n) is 23.1. The number of furan rings is 1. The minimum absolute atomic E-state index is 0.0514. The second kappa shape index (κ2) is 8.79. The number of halogens is 1. The van der Waals surface area contributed by atoms with Gasteiger partial charge in [0.15, 0.2) is 5.58 Å². The Morgan fingerprint density at radius 2 is 1.56 bits per heavy atom. The van der Waals surface area contributed by atoms with Gasteiger partial charge in [-0.15, -0.1) is 0 Å². The monoisotopic (exact) mass is 534 g/mol. The van der Waals surface area contributed by atoms with Gasteiger partial charge in [-0.25, -0.2) is 0 Å². The van der Waals surface area contributed by atoms with Crippen LogP contribution in [0.1, 0.15) is 70.4 Å². The third kappa shape index (κ3) is 3.49. The molecule has 0 amide bonds. The zero-order chi connectivity index (χ0) is 26.9. The van der Waals surface area contributed by atoms with Crippen LogP contribution in [0.4, 0.5) is 22.7 Å². The summed E-state index contributed by atoms with van der Waals surface area (Å²) in [7, 11) is 0. The fourth-order valence-electron chi connectivity index (χ4n) is 7.27. The lowest BCUT2D eigenvalue weighted by Gasteiger charge is -2.50. The van der Waals surface area contributed by atoms with E-state index in [1.165, 1.54) is 36.1 Å². The van der Waals surface area contributed by atoms with Crippen LogP contribution >= 0.6 is 11.6 Å². The molecule has 0 radical (unpaired) electrons. The van der Waals surface area contributed by atoms with Gasteiger partial charge in [0.2, 0.25) is 0 Å². The molecule has 1 aromatic heterocycles. The van der Waals surface area contributed by atoms with Gasteiger partial charge in [-0.1, -0.05) is 93.7 Å². The number of anilines is 4. The van der Waals surface area contributed by atoms with Gasteiger partial charge in [0.25, 0.3) is 0 Å². The van der Waals surface area contributed by atoms with Crippen molar-refractivity contribution in [2.75, 3.05) is 10.2 Å². The minimum Gasteiger partial charge on any atom is -0.454 e. The molecule has 39 heavy (non-hydrogen) atoms. The van der Waals surface area contributed by atoms with Gasteiger partial charge in [0.05, 0.1) is 27.6 Å². The molecule has 5 aromatic rings. The van der Waals surface area contributed by atoms with Gasteiger partial charge >= 0.3 is 0 Å². The first-order chi connectivity index (χ1) is 18.8. The Hall–Kier alpha value is -3.43. The average molecular weight is 535 g/mol. The first-order valence-corrected chi connectivity index (χ1v) is 14.6. The van der Waals surface area contributed by atoms with Crippen LogP contribution in [0.3, 0.4) is 0 Å². The van der Waals surface area contributed by atoms with E-state index in [0.717, 1.165) is 50.4 Å². The molecule has 4 heteroatoms. The highest BCUT2D eigenvalue weighted by molar-refractivity contribution is 6.36. The summed E-state index contributed by atoms with van der Waals surface area (Å²) < 4.78 is 6.29.